The second-order valence-corrected chi connectivity index (χ2v) is 12.7. The number of carbonyl (C=O) groups excluding carboxylic acids is 6. The Labute approximate surface area is 267 Å². The van der Waals surface area contributed by atoms with Crippen LogP contribution in [-0.2, 0) is 28.7 Å². The second kappa shape index (κ2) is 13.5. The van der Waals surface area contributed by atoms with Crippen molar-refractivity contribution < 1.29 is 52.9 Å². The molecule has 16 heteroatoms. The minimum absolute atomic E-state index is 0.179. The van der Waals surface area contributed by atoms with Crippen molar-refractivity contribution in [2.45, 2.75) is 69.1 Å². The lowest BCUT2D eigenvalue weighted by Crippen LogP contribution is -2.70. The highest BCUT2D eigenvalue weighted by atomic mass is 32.2. The predicted molar refractivity (Wildman–Crippen MR) is 160 cm³/mol. The van der Waals surface area contributed by atoms with Gasteiger partial charge in [-0.05, 0) is 38.5 Å². The van der Waals surface area contributed by atoms with Gasteiger partial charge in [-0.1, -0.05) is 36.4 Å². The zero-order valence-electron chi connectivity index (χ0n) is 25.4. The lowest BCUT2D eigenvalue weighted by molar-refractivity contribution is -0.163. The van der Waals surface area contributed by atoms with Crippen LogP contribution >= 0.6 is 11.8 Å². The van der Waals surface area contributed by atoms with Gasteiger partial charge in [0.25, 0.3) is 11.8 Å². The number of para-hydroxylation sites is 1. The Bertz CT molecular complexity index is 1580. The summed E-state index contributed by atoms with van der Waals surface area (Å²) in [4.78, 5) is 88.8. The fourth-order valence-electron chi connectivity index (χ4n) is 4.96. The number of hydrogen-bond acceptors (Lipinski definition) is 11. The summed E-state index contributed by atoms with van der Waals surface area (Å²) in [6.45, 7) is 7.04. The van der Waals surface area contributed by atoms with E-state index in [-0.39, 0.29) is 17.1 Å². The number of amides is 4. The van der Waals surface area contributed by atoms with Crippen molar-refractivity contribution in [1.29, 1.82) is 0 Å². The molecular formula is C30H32N4O11S. The van der Waals surface area contributed by atoms with Crippen molar-refractivity contribution in [1.82, 2.24) is 20.9 Å². The number of thioether (sulfide) groups is 1. The molecule has 0 bridgehead atoms. The van der Waals surface area contributed by atoms with E-state index in [9.17, 15) is 33.6 Å². The summed E-state index contributed by atoms with van der Waals surface area (Å²) in [5.41, 5.74) is 0.189. The summed E-state index contributed by atoms with van der Waals surface area (Å²) in [6, 6.07) is 8.70. The molecule has 0 spiro atoms. The van der Waals surface area contributed by atoms with E-state index in [0.717, 1.165) is 13.8 Å². The van der Waals surface area contributed by atoms with E-state index in [1.165, 1.54) is 41.8 Å². The molecule has 5 unspecified atom stereocenters. The fraction of sp³-hybridized carbons (Fsp3) is 0.367. The zero-order chi connectivity index (χ0) is 33.9. The maximum absolute atomic E-state index is 13.6. The first kappa shape index (κ1) is 33.8. The highest BCUT2D eigenvalue weighted by Crippen LogP contribution is 2.51. The van der Waals surface area contributed by atoms with Crippen molar-refractivity contribution in [3.8, 4) is 11.5 Å². The highest BCUT2D eigenvalue weighted by Gasteiger charge is 2.63. The van der Waals surface area contributed by atoms with Gasteiger partial charge in [-0.3, -0.25) is 33.7 Å². The molecule has 2 aromatic carbocycles. The Balaban J connectivity index is 1.49. The van der Waals surface area contributed by atoms with Crippen LogP contribution in [0.3, 0.4) is 0 Å². The van der Waals surface area contributed by atoms with Gasteiger partial charge in [0.2, 0.25) is 11.8 Å². The third kappa shape index (κ3) is 7.22. The van der Waals surface area contributed by atoms with Gasteiger partial charge in [0.05, 0.1) is 10.3 Å². The van der Waals surface area contributed by atoms with E-state index in [2.05, 4.69) is 16.0 Å². The molecular weight excluding hydrogens is 624 g/mol. The van der Waals surface area contributed by atoms with Crippen LogP contribution in [0.2, 0.25) is 0 Å². The number of benzene rings is 2. The molecule has 4 amide bonds. The quantitative estimate of drug-likeness (QED) is 0.164. The van der Waals surface area contributed by atoms with Crippen molar-refractivity contribution >= 4 is 53.5 Å². The van der Waals surface area contributed by atoms with Gasteiger partial charge in [-0.2, -0.15) is 0 Å². The predicted octanol–water partition coefficient (Wildman–Crippen LogP) is 1.71. The maximum Gasteiger partial charge on any atom is 0.507 e. The van der Waals surface area contributed by atoms with Gasteiger partial charge < -0.3 is 35.3 Å². The van der Waals surface area contributed by atoms with Crippen molar-refractivity contribution in [2.75, 3.05) is 0 Å². The van der Waals surface area contributed by atoms with E-state index in [0.29, 0.717) is 5.56 Å². The number of rotatable bonds is 10. The average Bonchev–Trinajstić information content (AvgIpc) is 3.21. The lowest BCUT2D eigenvalue weighted by Gasteiger charge is -2.44. The first-order valence-corrected chi connectivity index (χ1v) is 14.8. The van der Waals surface area contributed by atoms with Crippen LogP contribution in [0.4, 0.5) is 4.79 Å². The number of hydrogen-bond donors (Lipinski definition) is 4. The van der Waals surface area contributed by atoms with Crippen LogP contribution < -0.4 is 25.4 Å². The van der Waals surface area contributed by atoms with Crippen LogP contribution in [0.15, 0.2) is 48.5 Å². The first-order valence-electron chi connectivity index (χ1n) is 14.0. The minimum atomic E-state index is -1.53. The highest BCUT2D eigenvalue weighted by molar-refractivity contribution is 8.01. The van der Waals surface area contributed by atoms with Gasteiger partial charge in [0.15, 0.2) is 17.7 Å². The molecule has 0 aliphatic carbocycles. The Hall–Kier alpha value is -5.12. The molecule has 2 saturated heterocycles. The lowest BCUT2D eigenvalue weighted by atomic mass is 10.0. The summed E-state index contributed by atoms with van der Waals surface area (Å²) < 4.78 is 14.3. The maximum atomic E-state index is 13.6. The number of fused-ring (bicyclic) bond motifs is 1. The minimum Gasteiger partial charge on any atom is -0.450 e. The molecule has 46 heavy (non-hydrogen) atoms. The standard InChI is InChI=1S/C30H32N4O11S/c1-14(31-24(38)18-12-9-13-19(43-15(2)35)22(18)44-16(3)36)23(37)32-20(17-10-7-6-8-11-17)25(39)33-21-26(40)34-27(21)46-30(4,5)28(34)45-29(41)42/h6-14,20-21,27-28H,1-5H3,(H,31,38)(H,32,37)(H,33,39)(H,41,42). The number of β-lactam (4-membered cyclic amide) rings is 1. The summed E-state index contributed by atoms with van der Waals surface area (Å²) >= 11 is 1.27. The Morgan fingerprint density at radius 1 is 0.913 bits per heavy atom. The van der Waals surface area contributed by atoms with Crippen molar-refractivity contribution in [2.24, 2.45) is 0 Å². The first-order chi connectivity index (χ1) is 21.6. The van der Waals surface area contributed by atoms with Crippen LogP contribution in [0.25, 0.3) is 0 Å². The molecule has 15 nitrogen and oxygen atoms in total. The second-order valence-electron chi connectivity index (χ2n) is 10.9. The molecule has 4 N–H and O–H groups in total. The number of nitrogens with one attached hydrogen (secondary N) is 3. The van der Waals surface area contributed by atoms with Crippen molar-refractivity contribution in [3.63, 3.8) is 0 Å². The average molecular weight is 657 g/mol. The summed E-state index contributed by atoms with van der Waals surface area (Å²) in [5, 5.41) is 16.3. The Morgan fingerprint density at radius 2 is 1.57 bits per heavy atom. The molecule has 2 heterocycles. The van der Waals surface area contributed by atoms with Gasteiger partial charge >= 0.3 is 18.1 Å². The Kier molecular flexibility index (Phi) is 9.89. The largest absolute Gasteiger partial charge is 0.507 e. The molecule has 5 atom stereocenters. The Morgan fingerprint density at radius 3 is 2.17 bits per heavy atom. The molecule has 2 fully saturated rings. The topological polar surface area (TPSA) is 207 Å². The van der Waals surface area contributed by atoms with E-state index >= 15 is 0 Å². The molecule has 244 valence electrons. The van der Waals surface area contributed by atoms with Gasteiger partial charge in [0.1, 0.15) is 23.5 Å². The smallest absolute Gasteiger partial charge is 0.450 e. The van der Waals surface area contributed by atoms with Crippen LogP contribution in [0, 0.1) is 0 Å². The molecule has 2 aliphatic heterocycles. The summed E-state index contributed by atoms with van der Waals surface area (Å²) in [7, 11) is 0. The third-order valence-corrected chi connectivity index (χ3v) is 8.56. The molecule has 4 rings (SSSR count). The van der Waals surface area contributed by atoms with Crippen molar-refractivity contribution in [3.05, 3.63) is 59.7 Å². The SMILES string of the molecule is CC(=O)Oc1cccc(C(=O)NC(C)C(=O)NC(C(=O)NC2C(=O)N3C2SC(C)(C)C3OC(=O)O)c2ccccc2)c1OC(C)=O. The van der Waals surface area contributed by atoms with E-state index in [4.69, 9.17) is 19.3 Å². The number of ether oxygens (including phenoxy) is 3. The van der Waals surface area contributed by atoms with Gasteiger partial charge in [-0.25, -0.2) is 4.79 Å². The third-order valence-electron chi connectivity index (χ3n) is 7.01. The van der Waals surface area contributed by atoms with E-state index < -0.39 is 76.2 Å². The number of esters is 2. The van der Waals surface area contributed by atoms with Crippen LogP contribution in [-0.4, -0.2) is 80.2 Å². The normalized spacial score (nSPS) is 20.6. The summed E-state index contributed by atoms with van der Waals surface area (Å²) in [5.74, 6) is -4.87. The molecule has 0 radical (unpaired) electrons. The molecule has 2 aliphatic rings. The van der Waals surface area contributed by atoms with Gasteiger partial charge in [0, 0.05) is 13.8 Å². The number of carboxylic acid groups (broad SMARTS) is 1. The zero-order valence-corrected chi connectivity index (χ0v) is 26.2. The molecule has 0 aromatic heterocycles. The molecule has 0 saturated carbocycles. The van der Waals surface area contributed by atoms with Gasteiger partial charge in [-0.15, -0.1) is 11.8 Å². The van der Waals surface area contributed by atoms with E-state index in [1.54, 1.807) is 44.2 Å². The van der Waals surface area contributed by atoms with Crippen LogP contribution in [0.1, 0.15) is 56.6 Å². The van der Waals surface area contributed by atoms with Crippen LogP contribution in [0.5, 0.6) is 11.5 Å². The molecule has 2 aromatic rings. The summed E-state index contributed by atoms with van der Waals surface area (Å²) in [6.07, 6.45) is -2.59. The van der Waals surface area contributed by atoms with E-state index in [1.807, 2.05) is 0 Å². The monoisotopic (exact) mass is 656 g/mol. The number of nitrogens with zero attached hydrogens (tertiary/aromatic N) is 1. The fourth-order valence-corrected chi connectivity index (χ4v) is 6.51. The number of carbonyl (C=O) groups is 7.